The van der Waals surface area contributed by atoms with Gasteiger partial charge in [0.05, 0.1) is 19.1 Å². The average Bonchev–Trinajstić information content (AvgIpc) is 2.16. The predicted molar refractivity (Wildman–Crippen MR) is 51.9 cm³/mol. The first-order valence-corrected chi connectivity index (χ1v) is 5.07. The first-order valence-electron chi connectivity index (χ1n) is 5.07. The number of carbonyl (C=O) groups is 2. The minimum Gasteiger partial charge on any atom is -0.378 e. The van der Waals surface area contributed by atoms with Gasteiger partial charge in [0, 0.05) is 19.6 Å². The number of nitrogens with one attached hydrogen (secondary N) is 1. The predicted octanol–water partition coefficient (Wildman–Crippen LogP) is -2.08. The molecule has 0 spiro atoms. The molecule has 0 radical (unpaired) electrons. The lowest BCUT2D eigenvalue weighted by molar-refractivity contribution is -0.146. The number of hydrogen-bond acceptors (Lipinski definition) is 4. The van der Waals surface area contributed by atoms with E-state index in [4.69, 9.17) is 10.5 Å². The molecule has 1 unspecified atom stereocenters. The molecule has 0 saturated carbocycles. The Morgan fingerprint density at radius 1 is 1.40 bits per heavy atom. The summed E-state index contributed by atoms with van der Waals surface area (Å²) in [5.74, 6) is -0.488. The molecule has 15 heavy (non-hydrogen) atoms. The van der Waals surface area contributed by atoms with Crippen LogP contribution >= 0.6 is 0 Å². The minimum absolute atomic E-state index is 0.00667. The molecule has 2 heterocycles. The fourth-order valence-corrected chi connectivity index (χ4v) is 1.78. The number of nitrogens with two attached hydrogens (primary N) is 1. The Bertz CT molecular complexity index is 270. The molecule has 6 nitrogen and oxygen atoms in total. The van der Waals surface area contributed by atoms with Gasteiger partial charge in [-0.25, -0.2) is 0 Å². The number of likely N-dealkylation sites (tertiary alicyclic amines) is 1. The number of rotatable bonds is 2. The molecular weight excluding hydrogens is 198 g/mol. The SMILES string of the molecule is NC(=O)C1CN(C(=O)C2COCCN2)C1. The minimum atomic E-state index is -0.327. The third-order valence-electron chi connectivity index (χ3n) is 2.82. The molecule has 0 aromatic heterocycles. The quantitative estimate of drug-likeness (QED) is 0.551. The van der Waals surface area contributed by atoms with Gasteiger partial charge in [0.25, 0.3) is 0 Å². The van der Waals surface area contributed by atoms with Gasteiger partial charge < -0.3 is 20.7 Å². The Labute approximate surface area is 87.7 Å². The van der Waals surface area contributed by atoms with Crippen LogP contribution in [0.3, 0.4) is 0 Å². The third-order valence-corrected chi connectivity index (χ3v) is 2.82. The molecule has 2 aliphatic rings. The molecule has 0 bridgehead atoms. The summed E-state index contributed by atoms with van der Waals surface area (Å²) in [4.78, 5) is 24.2. The first-order chi connectivity index (χ1) is 7.18. The summed E-state index contributed by atoms with van der Waals surface area (Å²) in [7, 11) is 0. The molecule has 3 N–H and O–H groups in total. The second-order valence-electron chi connectivity index (χ2n) is 3.92. The number of carbonyl (C=O) groups excluding carboxylic acids is 2. The van der Waals surface area contributed by atoms with E-state index in [9.17, 15) is 9.59 Å². The van der Waals surface area contributed by atoms with Gasteiger partial charge >= 0.3 is 0 Å². The van der Waals surface area contributed by atoms with Crippen LogP contribution in [0.2, 0.25) is 0 Å². The summed E-state index contributed by atoms with van der Waals surface area (Å²) in [5.41, 5.74) is 5.12. The Morgan fingerprint density at radius 3 is 2.67 bits per heavy atom. The van der Waals surface area contributed by atoms with Crippen LogP contribution in [0.1, 0.15) is 0 Å². The van der Waals surface area contributed by atoms with Crippen LogP contribution in [0.5, 0.6) is 0 Å². The molecule has 1 atom stereocenters. The second kappa shape index (κ2) is 4.16. The van der Waals surface area contributed by atoms with E-state index in [1.807, 2.05) is 0 Å². The highest BCUT2D eigenvalue weighted by Crippen LogP contribution is 2.16. The van der Waals surface area contributed by atoms with Crippen molar-refractivity contribution < 1.29 is 14.3 Å². The van der Waals surface area contributed by atoms with Gasteiger partial charge in [-0.1, -0.05) is 0 Å². The van der Waals surface area contributed by atoms with Crippen molar-refractivity contribution in [2.45, 2.75) is 6.04 Å². The molecule has 2 fully saturated rings. The highest BCUT2D eigenvalue weighted by molar-refractivity contribution is 5.86. The van der Waals surface area contributed by atoms with Crippen molar-refractivity contribution in [2.75, 3.05) is 32.8 Å². The summed E-state index contributed by atoms with van der Waals surface area (Å²) < 4.78 is 5.19. The van der Waals surface area contributed by atoms with Crippen LogP contribution < -0.4 is 11.1 Å². The number of primary amides is 1. The molecule has 0 aliphatic carbocycles. The number of amides is 2. The maximum atomic E-state index is 11.8. The van der Waals surface area contributed by atoms with E-state index in [2.05, 4.69) is 5.32 Å². The topological polar surface area (TPSA) is 84.7 Å². The fraction of sp³-hybridized carbons (Fsp3) is 0.778. The number of morpholine rings is 1. The van der Waals surface area contributed by atoms with Crippen LogP contribution in [-0.2, 0) is 14.3 Å². The van der Waals surface area contributed by atoms with E-state index in [1.54, 1.807) is 4.90 Å². The molecule has 6 heteroatoms. The average molecular weight is 213 g/mol. The maximum Gasteiger partial charge on any atom is 0.242 e. The zero-order valence-electron chi connectivity index (χ0n) is 8.44. The summed E-state index contributed by atoms with van der Waals surface area (Å²) in [6, 6.07) is -0.257. The van der Waals surface area contributed by atoms with E-state index >= 15 is 0 Å². The lowest BCUT2D eigenvalue weighted by Crippen LogP contribution is -2.61. The van der Waals surface area contributed by atoms with E-state index < -0.39 is 0 Å². The summed E-state index contributed by atoms with van der Waals surface area (Å²) in [6.07, 6.45) is 0. The standard InChI is InChI=1S/C9H15N3O3/c10-8(13)6-3-12(4-6)9(14)7-5-15-2-1-11-7/h6-7,11H,1-5H2,(H2,10,13). The van der Waals surface area contributed by atoms with Crippen molar-refractivity contribution in [1.82, 2.24) is 10.2 Å². The Balaban J connectivity index is 1.80. The first kappa shape index (κ1) is 10.4. The third kappa shape index (κ3) is 2.10. The van der Waals surface area contributed by atoms with Crippen LogP contribution in [0, 0.1) is 5.92 Å². The maximum absolute atomic E-state index is 11.8. The smallest absolute Gasteiger partial charge is 0.242 e. The molecule has 2 saturated heterocycles. The van der Waals surface area contributed by atoms with E-state index in [-0.39, 0.29) is 23.8 Å². The van der Waals surface area contributed by atoms with Crippen molar-refractivity contribution >= 4 is 11.8 Å². The molecule has 2 amide bonds. The van der Waals surface area contributed by atoms with Crippen molar-refractivity contribution in [3.05, 3.63) is 0 Å². The highest BCUT2D eigenvalue weighted by atomic mass is 16.5. The number of hydrogen-bond donors (Lipinski definition) is 2. The fourth-order valence-electron chi connectivity index (χ4n) is 1.78. The van der Waals surface area contributed by atoms with Crippen LogP contribution in [0.4, 0.5) is 0 Å². The van der Waals surface area contributed by atoms with Crippen LogP contribution in [0.15, 0.2) is 0 Å². The van der Waals surface area contributed by atoms with E-state index in [0.717, 1.165) is 0 Å². The normalized spacial score (nSPS) is 27.2. The summed E-state index contributed by atoms with van der Waals surface area (Å²) >= 11 is 0. The molecule has 0 aromatic carbocycles. The van der Waals surface area contributed by atoms with Crippen molar-refractivity contribution in [3.63, 3.8) is 0 Å². The van der Waals surface area contributed by atoms with Gasteiger partial charge in [0.2, 0.25) is 11.8 Å². The van der Waals surface area contributed by atoms with Crippen LogP contribution in [-0.4, -0.2) is 55.6 Å². The summed E-state index contributed by atoms with van der Waals surface area (Å²) in [5, 5.41) is 3.08. The van der Waals surface area contributed by atoms with Gasteiger partial charge in [0.15, 0.2) is 0 Å². The van der Waals surface area contributed by atoms with Crippen LogP contribution in [0.25, 0.3) is 0 Å². The van der Waals surface area contributed by atoms with Gasteiger partial charge in [-0.05, 0) is 0 Å². The van der Waals surface area contributed by atoms with Gasteiger partial charge in [-0.3, -0.25) is 9.59 Å². The lowest BCUT2D eigenvalue weighted by atomic mass is 9.98. The molecule has 0 aromatic rings. The van der Waals surface area contributed by atoms with Gasteiger partial charge in [-0.2, -0.15) is 0 Å². The monoisotopic (exact) mass is 213 g/mol. The molecular formula is C9H15N3O3. The molecule has 2 aliphatic heterocycles. The molecule has 84 valence electrons. The largest absolute Gasteiger partial charge is 0.378 e. The van der Waals surface area contributed by atoms with E-state index in [0.29, 0.717) is 32.8 Å². The highest BCUT2D eigenvalue weighted by Gasteiger charge is 2.37. The van der Waals surface area contributed by atoms with Gasteiger partial charge in [-0.15, -0.1) is 0 Å². The lowest BCUT2D eigenvalue weighted by Gasteiger charge is -2.40. The number of ether oxygens (including phenoxy) is 1. The van der Waals surface area contributed by atoms with Crippen molar-refractivity contribution in [2.24, 2.45) is 11.7 Å². The van der Waals surface area contributed by atoms with E-state index in [1.165, 1.54) is 0 Å². The van der Waals surface area contributed by atoms with Gasteiger partial charge in [0.1, 0.15) is 6.04 Å². The zero-order valence-corrected chi connectivity index (χ0v) is 8.44. The summed E-state index contributed by atoms with van der Waals surface area (Å²) in [6.45, 7) is 2.66. The second-order valence-corrected chi connectivity index (χ2v) is 3.92. The van der Waals surface area contributed by atoms with Crippen molar-refractivity contribution in [1.29, 1.82) is 0 Å². The Hall–Kier alpha value is -1.14. The Morgan fingerprint density at radius 2 is 2.13 bits per heavy atom. The van der Waals surface area contributed by atoms with Crippen molar-refractivity contribution in [3.8, 4) is 0 Å². The Kier molecular flexibility index (Phi) is 2.88. The molecule has 2 rings (SSSR count). The zero-order chi connectivity index (χ0) is 10.8. The number of nitrogens with zero attached hydrogens (tertiary/aromatic N) is 1.